The standard InChI is InChI=1S/C17H21ClN4O3/c1-23-16-6-12(18)5-11(17(16)24-2)8-21-4-3-15-14(9-21)22-13(10-25-15)7-19-20-22/h5-7,14-15H,3-4,8-10H2,1-2H3/t14-,15+/m0/s1. The fraction of sp³-hybridized carbons (Fsp3) is 0.529. The average Bonchev–Trinajstić information content (AvgIpc) is 3.10. The Morgan fingerprint density at radius 2 is 2.20 bits per heavy atom. The van der Waals surface area contributed by atoms with E-state index in [9.17, 15) is 0 Å². The van der Waals surface area contributed by atoms with E-state index in [2.05, 4.69) is 15.2 Å². The molecule has 1 aromatic heterocycles. The summed E-state index contributed by atoms with van der Waals surface area (Å²) in [6, 6.07) is 3.90. The van der Waals surface area contributed by atoms with E-state index in [0.717, 1.165) is 43.1 Å². The zero-order valence-corrected chi connectivity index (χ0v) is 15.1. The lowest BCUT2D eigenvalue weighted by molar-refractivity contribution is -0.0670. The number of nitrogens with zero attached hydrogens (tertiary/aromatic N) is 4. The van der Waals surface area contributed by atoms with Crippen molar-refractivity contribution >= 4 is 11.6 Å². The lowest BCUT2D eigenvalue weighted by atomic mass is 9.99. The van der Waals surface area contributed by atoms with Gasteiger partial charge in [-0.3, -0.25) is 4.90 Å². The molecule has 0 amide bonds. The van der Waals surface area contributed by atoms with Crippen molar-refractivity contribution in [2.75, 3.05) is 27.3 Å². The molecule has 1 saturated heterocycles. The molecular formula is C17H21ClN4O3. The van der Waals surface area contributed by atoms with E-state index in [1.807, 2.05) is 10.7 Å². The number of methoxy groups -OCH3 is 2. The van der Waals surface area contributed by atoms with Gasteiger partial charge in [-0.25, -0.2) is 4.68 Å². The summed E-state index contributed by atoms with van der Waals surface area (Å²) >= 11 is 6.24. The Balaban J connectivity index is 1.56. The van der Waals surface area contributed by atoms with Gasteiger partial charge in [0.15, 0.2) is 11.5 Å². The van der Waals surface area contributed by atoms with Gasteiger partial charge in [0.2, 0.25) is 0 Å². The van der Waals surface area contributed by atoms with Crippen LogP contribution in [0, 0.1) is 0 Å². The monoisotopic (exact) mass is 364 g/mol. The molecule has 134 valence electrons. The molecule has 2 atom stereocenters. The summed E-state index contributed by atoms with van der Waals surface area (Å²) in [6.45, 7) is 3.11. The van der Waals surface area contributed by atoms with Crippen LogP contribution in [0.25, 0.3) is 0 Å². The molecule has 0 N–H and O–H groups in total. The summed E-state index contributed by atoms with van der Waals surface area (Å²) < 4.78 is 18.9. The normalized spacial score (nSPS) is 23.0. The smallest absolute Gasteiger partial charge is 0.165 e. The van der Waals surface area contributed by atoms with E-state index < -0.39 is 0 Å². The van der Waals surface area contributed by atoms with Crippen LogP contribution >= 0.6 is 11.6 Å². The van der Waals surface area contributed by atoms with Crippen LogP contribution in [0.5, 0.6) is 11.5 Å². The molecule has 3 heterocycles. The van der Waals surface area contributed by atoms with Gasteiger partial charge in [-0.15, -0.1) is 5.10 Å². The SMILES string of the molecule is COc1cc(Cl)cc(CN2CC[C@H]3OCc4cnnn4[C@H]3C2)c1OC. The van der Waals surface area contributed by atoms with Crippen molar-refractivity contribution in [2.45, 2.75) is 31.7 Å². The summed E-state index contributed by atoms with van der Waals surface area (Å²) in [5.41, 5.74) is 2.05. The highest BCUT2D eigenvalue weighted by Gasteiger charge is 2.36. The Morgan fingerprint density at radius 3 is 3.00 bits per heavy atom. The van der Waals surface area contributed by atoms with Crippen molar-refractivity contribution in [3.8, 4) is 11.5 Å². The number of benzene rings is 1. The summed E-state index contributed by atoms with van der Waals surface area (Å²) in [7, 11) is 3.27. The third-order valence-electron chi connectivity index (χ3n) is 4.93. The van der Waals surface area contributed by atoms with E-state index in [0.29, 0.717) is 17.4 Å². The van der Waals surface area contributed by atoms with Crippen molar-refractivity contribution in [1.82, 2.24) is 19.9 Å². The second-order valence-corrected chi connectivity index (χ2v) is 6.85. The van der Waals surface area contributed by atoms with Crippen LogP contribution in [0.3, 0.4) is 0 Å². The van der Waals surface area contributed by atoms with E-state index >= 15 is 0 Å². The van der Waals surface area contributed by atoms with Gasteiger partial charge in [-0.2, -0.15) is 0 Å². The first-order valence-corrected chi connectivity index (χ1v) is 8.71. The molecule has 2 aliphatic heterocycles. The molecule has 25 heavy (non-hydrogen) atoms. The van der Waals surface area contributed by atoms with Gasteiger partial charge in [0.1, 0.15) is 0 Å². The molecule has 0 bridgehead atoms. The van der Waals surface area contributed by atoms with Crippen LogP contribution in [0.2, 0.25) is 5.02 Å². The summed E-state index contributed by atoms with van der Waals surface area (Å²) in [4.78, 5) is 2.37. The maximum atomic E-state index is 6.24. The van der Waals surface area contributed by atoms with E-state index in [-0.39, 0.29) is 12.1 Å². The third kappa shape index (κ3) is 3.07. The number of hydrogen-bond donors (Lipinski definition) is 0. The third-order valence-corrected chi connectivity index (χ3v) is 5.15. The molecule has 1 fully saturated rings. The minimum atomic E-state index is 0.187. The zero-order valence-electron chi connectivity index (χ0n) is 14.3. The maximum absolute atomic E-state index is 6.24. The molecule has 4 rings (SSSR count). The number of rotatable bonds is 4. The molecule has 2 aliphatic rings. The Labute approximate surface area is 151 Å². The number of hydrogen-bond acceptors (Lipinski definition) is 6. The number of halogens is 1. The number of fused-ring (bicyclic) bond motifs is 3. The number of likely N-dealkylation sites (tertiary alicyclic amines) is 1. The van der Waals surface area contributed by atoms with E-state index in [1.54, 1.807) is 26.5 Å². The van der Waals surface area contributed by atoms with Crippen molar-refractivity contribution in [3.05, 3.63) is 34.6 Å². The van der Waals surface area contributed by atoms with Crippen molar-refractivity contribution in [1.29, 1.82) is 0 Å². The van der Waals surface area contributed by atoms with Crippen molar-refractivity contribution < 1.29 is 14.2 Å². The van der Waals surface area contributed by atoms with Gasteiger partial charge in [0, 0.05) is 36.3 Å². The van der Waals surface area contributed by atoms with E-state index in [4.69, 9.17) is 25.8 Å². The second kappa shape index (κ2) is 6.82. The molecule has 0 spiro atoms. The highest BCUT2D eigenvalue weighted by atomic mass is 35.5. The van der Waals surface area contributed by atoms with Crippen LogP contribution < -0.4 is 9.47 Å². The quantitative estimate of drug-likeness (QED) is 0.829. The summed E-state index contributed by atoms with van der Waals surface area (Å²) in [5, 5.41) is 8.92. The van der Waals surface area contributed by atoms with Crippen LogP contribution in [0.15, 0.2) is 18.3 Å². The molecule has 7 nitrogen and oxygen atoms in total. The van der Waals surface area contributed by atoms with Gasteiger partial charge < -0.3 is 14.2 Å². The largest absolute Gasteiger partial charge is 0.493 e. The molecule has 0 radical (unpaired) electrons. The first kappa shape index (κ1) is 16.6. The lowest BCUT2D eigenvalue weighted by Crippen LogP contribution is -2.47. The topological polar surface area (TPSA) is 61.6 Å². The van der Waals surface area contributed by atoms with Gasteiger partial charge in [-0.1, -0.05) is 16.8 Å². The van der Waals surface area contributed by atoms with Gasteiger partial charge in [0.25, 0.3) is 0 Å². The van der Waals surface area contributed by atoms with E-state index in [1.165, 1.54) is 0 Å². The minimum absolute atomic E-state index is 0.187. The molecule has 0 unspecified atom stereocenters. The van der Waals surface area contributed by atoms with Crippen LogP contribution in [-0.2, 0) is 17.9 Å². The minimum Gasteiger partial charge on any atom is -0.493 e. The Morgan fingerprint density at radius 1 is 1.32 bits per heavy atom. The van der Waals surface area contributed by atoms with Gasteiger partial charge in [-0.05, 0) is 12.5 Å². The van der Waals surface area contributed by atoms with Crippen LogP contribution in [0.4, 0.5) is 0 Å². The van der Waals surface area contributed by atoms with Gasteiger partial charge >= 0.3 is 0 Å². The Hall–Kier alpha value is -1.83. The molecule has 0 saturated carbocycles. The second-order valence-electron chi connectivity index (χ2n) is 6.41. The number of piperidine rings is 1. The highest BCUT2D eigenvalue weighted by Crippen LogP contribution is 2.37. The van der Waals surface area contributed by atoms with Crippen LogP contribution in [-0.4, -0.2) is 53.3 Å². The molecule has 0 aliphatic carbocycles. The fourth-order valence-corrected chi connectivity index (χ4v) is 3.98. The van der Waals surface area contributed by atoms with Gasteiger partial charge in [0.05, 0.1) is 44.9 Å². The fourth-order valence-electron chi connectivity index (χ4n) is 3.75. The summed E-state index contributed by atoms with van der Waals surface area (Å²) in [6.07, 6.45) is 2.94. The molecule has 2 aromatic rings. The summed E-state index contributed by atoms with van der Waals surface area (Å²) in [5.74, 6) is 1.38. The maximum Gasteiger partial charge on any atom is 0.165 e. The predicted octanol–water partition coefficient (Wildman–Crippen LogP) is 2.29. The first-order chi connectivity index (χ1) is 12.2. The predicted molar refractivity (Wildman–Crippen MR) is 92.1 cm³/mol. The highest BCUT2D eigenvalue weighted by molar-refractivity contribution is 6.30. The Bertz CT molecular complexity index is 766. The molecular weight excluding hydrogens is 344 g/mol. The van der Waals surface area contributed by atoms with Crippen LogP contribution in [0.1, 0.15) is 23.7 Å². The Kier molecular flexibility index (Phi) is 4.54. The zero-order chi connectivity index (χ0) is 17.4. The molecule has 1 aromatic carbocycles. The first-order valence-electron chi connectivity index (χ1n) is 8.33. The number of aromatic nitrogens is 3. The lowest BCUT2D eigenvalue weighted by Gasteiger charge is -2.41. The van der Waals surface area contributed by atoms with Crippen molar-refractivity contribution in [3.63, 3.8) is 0 Å². The average molecular weight is 365 g/mol. The molecule has 8 heteroatoms. The number of ether oxygens (including phenoxy) is 3. The van der Waals surface area contributed by atoms with Crippen molar-refractivity contribution in [2.24, 2.45) is 0 Å².